The number of aromatic nitrogens is 1. The molecule has 1 fully saturated rings. The van der Waals surface area contributed by atoms with Crippen LogP contribution in [-0.4, -0.2) is 35.8 Å². The van der Waals surface area contributed by atoms with Gasteiger partial charge in [-0.05, 0) is 42.5 Å². The Morgan fingerprint density at radius 3 is 2.34 bits per heavy atom. The highest BCUT2D eigenvalue weighted by molar-refractivity contribution is 7.22. The minimum Gasteiger partial charge on any atom is -0.465 e. The van der Waals surface area contributed by atoms with E-state index in [1.54, 1.807) is 42.5 Å². The van der Waals surface area contributed by atoms with Gasteiger partial charge in [-0.15, -0.1) is 0 Å². The van der Waals surface area contributed by atoms with Crippen molar-refractivity contribution in [3.8, 4) is 0 Å². The Kier molecular flexibility index (Phi) is 4.81. The van der Waals surface area contributed by atoms with E-state index in [-0.39, 0.29) is 30.6 Å². The molecular formula is C20H15N3O5S. The highest BCUT2D eigenvalue weighted by atomic mass is 32.1. The summed E-state index contributed by atoms with van der Waals surface area (Å²) in [6.45, 7) is 0. The Balaban J connectivity index is 1.54. The zero-order valence-electron chi connectivity index (χ0n) is 15.3. The third-order valence-electron chi connectivity index (χ3n) is 4.45. The van der Waals surface area contributed by atoms with E-state index in [0.717, 1.165) is 4.90 Å². The maximum Gasteiger partial charge on any atom is 0.337 e. The lowest BCUT2D eigenvalue weighted by Crippen LogP contribution is -2.28. The van der Waals surface area contributed by atoms with Crippen LogP contribution in [0.5, 0.6) is 0 Å². The molecular weight excluding hydrogens is 394 g/mol. The van der Waals surface area contributed by atoms with Crippen LogP contribution < -0.4 is 10.2 Å². The third kappa shape index (κ3) is 3.59. The lowest BCUT2D eigenvalue weighted by Gasteiger charge is -2.07. The number of fused-ring (bicyclic) bond motifs is 1. The van der Waals surface area contributed by atoms with Crippen molar-refractivity contribution in [2.75, 3.05) is 17.3 Å². The van der Waals surface area contributed by atoms with Gasteiger partial charge in [0.05, 0.1) is 22.9 Å². The van der Waals surface area contributed by atoms with Crippen LogP contribution in [0.25, 0.3) is 10.2 Å². The van der Waals surface area contributed by atoms with Crippen LogP contribution in [0.3, 0.4) is 0 Å². The average Bonchev–Trinajstić information content (AvgIpc) is 3.29. The molecule has 1 aliphatic rings. The molecule has 0 radical (unpaired) electrons. The minimum absolute atomic E-state index is 0.192. The normalized spacial score (nSPS) is 13.8. The average molecular weight is 409 g/mol. The number of rotatable bonds is 4. The van der Waals surface area contributed by atoms with Gasteiger partial charge in [-0.25, -0.2) is 14.7 Å². The van der Waals surface area contributed by atoms with Crippen LogP contribution in [0.2, 0.25) is 0 Å². The van der Waals surface area contributed by atoms with Crippen LogP contribution in [0.15, 0.2) is 42.5 Å². The summed E-state index contributed by atoms with van der Waals surface area (Å²) in [7, 11) is 1.30. The monoisotopic (exact) mass is 409 g/mol. The van der Waals surface area contributed by atoms with Crippen molar-refractivity contribution in [2.45, 2.75) is 12.8 Å². The number of nitrogens with zero attached hydrogens (tertiary/aromatic N) is 2. The van der Waals surface area contributed by atoms with Gasteiger partial charge in [0.1, 0.15) is 0 Å². The topological polar surface area (TPSA) is 106 Å². The quantitative estimate of drug-likeness (QED) is 0.525. The summed E-state index contributed by atoms with van der Waals surface area (Å²) in [6, 6.07) is 11.3. The number of carbonyl (C=O) groups is 4. The summed E-state index contributed by atoms with van der Waals surface area (Å²) in [5.41, 5.74) is 1.93. The Morgan fingerprint density at radius 2 is 1.69 bits per heavy atom. The fourth-order valence-corrected chi connectivity index (χ4v) is 3.99. The molecule has 1 N–H and O–H groups in total. The molecule has 0 spiro atoms. The molecule has 0 saturated carbocycles. The predicted octanol–water partition coefficient (Wildman–Crippen LogP) is 2.99. The van der Waals surface area contributed by atoms with Gasteiger partial charge in [0.2, 0.25) is 11.8 Å². The predicted molar refractivity (Wildman–Crippen MR) is 107 cm³/mol. The number of methoxy groups -OCH3 is 1. The van der Waals surface area contributed by atoms with Crippen molar-refractivity contribution < 1.29 is 23.9 Å². The first-order valence-electron chi connectivity index (χ1n) is 8.72. The van der Waals surface area contributed by atoms with Crippen molar-refractivity contribution in [2.24, 2.45) is 0 Å². The van der Waals surface area contributed by atoms with Gasteiger partial charge < -0.3 is 10.1 Å². The van der Waals surface area contributed by atoms with Gasteiger partial charge in [-0.3, -0.25) is 14.4 Å². The first kappa shape index (κ1) is 18.8. The van der Waals surface area contributed by atoms with Crippen molar-refractivity contribution in [1.29, 1.82) is 0 Å². The molecule has 146 valence electrons. The van der Waals surface area contributed by atoms with Crippen molar-refractivity contribution >= 4 is 56.1 Å². The lowest BCUT2D eigenvalue weighted by molar-refractivity contribution is -0.121. The molecule has 0 aliphatic carbocycles. The number of thiazole rings is 1. The molecule has 9 heteroatoms. The molecule has 2 aromatic carbocycles. The highest BCUT2D eigenvalue weighted by Gasteiger charge is 2.32. The maximum absolute atomic E-state index is 12.6. The number of anilines is 2. The van der Waals surface area contributed by atoms with E-state index in [1.807, 2.05) is 0 Å². The Morgan fingerprint density at radius 1 is 1.03 bits per heavy atom. The van der Waals surface area contributed by atoms with Gasteiger partial charge in [0.15, 0.2) is 5.13 Å². The molecule has 1 saturated heterocycles. The smallest absolute Gasteiger partial charge is 0.337 e. The Labute approximate surface area is 169 Å². The van der Waals surface area contributed by atoms with E-state index in [4.69, 9.17) is 0 Å². The number of esters is 1. The fourth-order valence-electron chi connectivity index (χ4n) is 2.95. The summed E-state index contributed by atoms with van der Waals surface area (Å²) in [5.74, 6) is -1.31. The standard InChI is InChI=1S/C20H15N3O5S/c1-28-19(27)11-2-5-13(6-3-11)21-18(26)12-4-7-14-15(10-12)29-20(22-14)23-16(24)8-9-17(23)25/h2-7,10H,8-9H2,1H3,(H,21,26). The number of imide groups is 1. The van der Waals surface area contributed by atoms with Gasteiger partial charge in [0.25, 0.3) is 5.91 Å². The molecule has 29 heavy (non-hydrogen) atoms. The van der Waals surface area contributed by atoms with Gasteiger partial charge in [-0.2, -0.15) is 0 Å². The second kappa shape index (κ2) is 7.44. The SMILES string of the molecule is COC(=O)c1ccc(NC(=O)c2ccc3nc(N4C(=O)CCC4=O)sc3c2)cc1. The molecule has 8 nitrogen and oxygen atoms in total. The molecule has 0 unspecified atom stereocenters. The van der Waals surface area contributed by atoms with E-state index in [1.165, 1.54) is 18.4 Å². The van der Waals surface area contributed by atoms with Crippen LogP contribution in [-0.2, 0) is 14.3 Å². The van der Waals surface area contributed by atoms with Crippen LogP contribution in [0.4, 0.5) is 10.8 Å². The summed E-state index contributed by atoms with van der Waals surface area (Å²) in [6.07, 6.45) is 0.383. The first-order chi connectivity index (χ1) is 14.0. The molecule has 4 rings (SSSR count). The number of amides is 3. The number of hydrogen-bond acceptors (Lipinski definition) is 7. The largest absolute Gasteiger partial charge is 0.465 e. The van der Waals surface area contributed by atoms with Gasteiger partial charge in [0, 0.05) is 24.1 Å². The van der Waals surface area contributed by atoms with E-state index in [9.17, 15) is 19.2 Å². The van der Waals surface area contributed by atoms with Crippen molar-refractivity contribution in [3.05, 3.63) is 53.6 Å². The molecule has 3 aromatic rings. The molecule has 0 bridgehead atoms. The zero-order valence-corrected chi connectivity index (χ0v) is 16.1. The van der Waals surface area contributed by atoms with E-state index in [0.29, 0.717) is 32.2 Å². The maximum atomic E-state index is 12.6. The van der Waals surface area contributed by atoms with Crippen LogP contribution in [0, 0.1) is 0 Å². The van der Waals surface area contributed by atoms with Crippen LogP contribution >= 0.6 is 11.3 Å². The lowest BCUT2D eigenvalue weighted by atomic mass is 10.1. The third-order valence-corrected chi connectivity index (χ3v) is 5.45. The minimum atomic E-state index is -0.454. The van der Waals surface area contributed by atoms with Crippen LogP contribution in [0.1, 0.15) is 33.6 Å². The van der Waals surface area contributed by atoms with E-state index >= 15 is 0 Å². The molecule has 3 amide bonds. The second-order valence-electron chi connectivity index (χ2n) is 6.32. The van der Waals surface area contributed by atoms with Gasteiger partial charge >= 0.3 is 5.97 Å². The number of carbonyl (C=O) groups excluding carboxylic acids is 4. The Bertz CT molecular complexity index is 1140. The summed E-state index contributed by atoms with van der Waals surface area (Å²) >= 11 is 1.19. The highest BCUT2D eigenvalue weighted by Crippen LogP contribution is 2.32. The van der Waals surface area contributed by atoms with E-state index in [2.05, 4.69) is 15.0 Å². The molecule has 1 aromatic heterocycles. The number of nitrogens with one attached hydrogen (secondary N) is 1. The fraction of sp³-hybridized carbons (Fsp3) is 0.150. The number of ether oxygens (including phenoxy) is 1. The number of hydrogen-bond donors (Lipinski definition) is 1. The molecule has 2 heterocycles. The van der Waals surface area contributed by atoms with Crippen molar-refractivity contribution in [3.63, 3.8) is 0 Å². The Hall–Kier alpha value is -3.59. The van der Waals surface area contributed by atoms with Gasteiger partial charge in [-0.1, -0.05) is 11.3 Å². The molecule has 1 aliphatic heterocycles. The summed E-state index contributed by atoms with van der Waals surface area (Å²) < 4.78 is 5.34. The zero-order chi connectivity index (χ0) is 20.5. The van der Waals surface area contributed by atoms with Crippen molar-refractivity contribution in [1.82, 2.24) is 4.98 Å². The first-order valence-corrected chi connectivity index (χ1v) is 9.54. The second-order valence-corrected chi connectivity index (χ2v) is 7.33. The van der Waals surface area contributed by atoms with E-state index < -0.39 is 5.97 Å². The summed E-state index contributed by atoms with van der Waals surface area (Å²) in [4.78, 5) is 53.3. The number of benzene rings is 2. The summed E-state index contributed by atoms with van der Waals surface area (Å²) in [5, 5.41) is 3.08. The molecule has 0 atom stereocenters.